The molecule has 0 aliphatic carbocycles. The van der Waals surface area contributed by atoms with Crippen molar-refractivity contribution in [2.45, 2.75) is 0 Å². The van der Waals surface area contributed by atoms with Gasteiger partial charge in [-0.05, 0) is 102 Å². The van der Waals surface area contributed by atoms with Crippen LogP contribution in [-0.4, -0.2) is 9.97 Å². The van der Waals surface area contributed by atoms with Crippen LogP contribution in [0.2, 0.25) is 0 Å². The second kappa shape index (κ2) is 11.5. The average molecular weight is 635 g/mol. The van der Waals surface area contributed by atoms with E-state index in [4.69, 9.17) is 4.98 Å². The molecule has 0 fully saturated rings. The van der Waals surface area contributed by atoms with Crippen LogP contribution in [0, 0.1) is 0 Å². The number of hydrogen-bond donors (Lipinski definition) is 0. The average Bonchev–Trinajstić information content (AvgIpc) is 3.19. The molecule has 10 rings (SSSR count). The molecular formula is C48H30N2. The van der Waals surface area contributed by atoms with Crippen LogP contribution in [0.1, 0.15) is 0 Å². The molecule has 0 radical (unpaired) electrons. The zero-order valence-electron chi connectivity index (χ0n) is 27.2. The molecule has 0 saturated carbocycles. The summed E-state index contributed by atoms with van der Waals surface area (Å²) in [7, 11) is 0. The number of hydrogen-bond acceptors (Lipinski definition) is 2. The molecule has 2 heteroatoms. The number of rotatable bonds is 4. The van der Waals surface area contributed by atoms with Gasteiger partial charge >= 0.3 is 0 Å². The third-order valence-corrected chi connectivity index (χ3v) is 10.1. The van der Waals surface area contributed by atoms with Gasteiger partial charge in [0.05, 0.1) is 11.2 Å². The number of aromatic nitrogens is 2. The highest BCUT2D eigenvalue weighted by Gasteiger charge is 2.18. The van der Waals surface area contributed by atoms with E-state index in [1.807, 2.05) is 24.5 Å². The normalized spacial score (nSPS) is 11.6. The minimum absolute atomic E-state index is 0.939. The lowest BCUT2D eigenvalue weighted by Crippen LogP contribution is -1.93. The fraction of sp³-hybridized carbons (Fsp3) is 0. The minimum atomic E-state index is 0.939. The summed E-state index contributed by atoms with van der Waals surface area (Å²) in [6, 6.07) is 61.4. The van der Waals surface area contributed by atoms with Crippen molar-refractivity contribution in [1.82, 2.24) is 9.97 Å². The van der Waals surface area contributed by atoms with Gasteiger partial charge in [-0.2, -0.15) is 0 Å². The van der Waals surface area contributed by atoms with E-state index in [-0.39, 0.29) is 0 Å². The summed E-state index contributed by atoms with van der Waals surface area (Å²) in [5.74, 6) is 0. The maximum atomic E-state index is 5.00. The summed E-state index contributed by atoms with van der Waals surface area (Å²) < 4.78 is 0. The summed E-state index contributed by atoms with van der Waals surface area (Å²) in [5.41, 5.74) is 10.1. The molecule has 0 aliphatic rings. The van der Waals surface area contributed by atoms with Crippen LogP contribution in [0.5, 0.6) is 0 Å². The van der Waals surface area contributed by atoms with Crippen LogP contribution in [0.25, 0.3) is 98.6 Å². The second-order valence-electron chi connectivity index (χ2n) is 13.0. The van der Waals surface area contributed by atoms with Gasteiger partial charge < -0.3 is 0 Å². The van der Waals surface area contributed by atoms with Crippen LogP contribution >= 0.6 is 0 Å². The SMILES string of the molecule is c1ccc2cc(-c3c4ccccc4c(-c4ccc5ccccc5c4)c4cc(-c5ccc(-c6cnc7ccccc7c6)cn5)ccc34)ccc2c1. The first-order valence-electron chi connectivity index (χ1n) is 17.1. The zero-order valence-corrected chi connectivity index (χ0v) is 27.2. The fourth-order valence-electron chi connectivity index (χ4n) is 7.61. The molecule has 0 aliphatic heterocycles. The fourth-order valence-corrected chi connectivity index (χ4v) is 7.61. The Morgan fingerprint density at radius 1 is 0.280 bits per heavy atom. The van der Waals surface area contributed by atoms with Gasteiger partial charge in [-0.15, -0.1) is 0 Å². The highest BCUT2D eigenvalue weighted by Crippen LogP contribution is 2.45. The molecule has 0 unspecified atom stereocenters. The molecule has 0 saturated heterocycles. The van der Waals surface area contributed by atoms with Crippen molar-refractivity contribution >= 4 is 54.0 Å². The van der Waals surface area contributed by atoms with Gasteiger partial charge in [0, 0.05) is 34.5 Å². The van der Waals surface area contributed by atoms with Crippen LogP contribution in [0.4, 0.5) is 0 Å². The lowest BCUT2D eigenvalue weighted by atomic mass is 9.84. The molecule has 0 spiro atoms. The van der Waals surface area contributed by atoms with Gasteiger partial charge in [-0.3, -0.25) is 9.97 Å². The topological polar surface area (TPSA) is 25.8 Å². The molecular weight excluding hydrogens is 605 g/mol. The molecule has 232 valence electrons. The third-order valence-electron chi connectivity index (χ3n) is 10.1. The van der Waals surface area contributed by atoms with E-state index in [1.54, 1.807) is 0 Å². The predicted octanol–water partition coefficient (Wildman–Crippen LogP) is 12.9. The van der Waals surface area contributed by atoms with Crippen LogP contribution in [0.15, 0.2) is 182 Å². The lowest BCUT2D eigenvalue weighted by molar-refractivity contribution is 1.32. The van der Waals surface area contributed by atoms with E-state index >= 15 is 0 Å². The molecule has 2 heterocycles. The van der Waals surface area contributed by atoms with Gasteiger partial charge in [0.2, 0.25) is 0 Å². The Kier molecular flexibility index (Phi) is 6.53. The Morgan fingerprint density at radius 3 is 1.44 bits per heavy atom. The molecule has 0 atom stereocenters. The minimum Gasteiger partial charge on any atom is -0.256 e. The van der Waals surface area contributed by atoms with Gasteiger partial charge in [0.25, 0.3) is 0 Å². The molecule has 8 aromatic carbocycles. The highest BCUT2D eigenvalue weighted by molar-refractivity contribution is 6.22. The van der Waals surface area contributed by atoms with E-state index in [2.05, 4.69) is 163 Å². The Bertz CT molecular complexity index is 2920. The molecule has 0 amide bonds. The van der Waals surface area contributed by atoms with Crippen molar-refractivity contribution in [3.8, 4) is 44.6 Å². The summed E-state index contributed by atoms with van der Waals surface area (Å²) in [4.78, 5) is 9.68. The summed E-state index contributed by atoms with van der Waals surface area (Å²) >= 11 is 0. The molecule has 0 N–H and O–H groups in total. The van der Waals surface area contributed by atoms with Crippen molar-refractivity contribution in [2.75, 3.05) is 0 Å². The Balaban J connectivity index is 1.20. The third kappa shape index (κ3) is 4.73. The first-order valence-corrected chi connectivity index (χ1v) is 17.1. The Hall–Kier alpha value is -6.64. The number of para-hydroxylation sites is 1. The number of fused-ring (bicyclic) bond motifs is 5. The largest absolute Gasteiger partial charge is 0.256 e. The lowest BCUT2D eigenvalue weighted by Gasteiger charge is -2.19. The Morgan fingerprint density at radius 2 is 0.780 bits per heavy atom. The molecule has 0 bridgehead atoms. The van der Waals surface area contributed by atoms with E-state index < -0.39 is 0 Å². The zero-order chi connectivity index (χ0) is 33.0. The van der Waals surface area contributed by atoms with Crippen molar-refractivity contribution in [3.05, 3.63) is 182 Å². The van der Waals surface area contributed by atoms with Crippen molar-refractivity contribution < 1.29 is 0 Å². The van der Waals surface area contributed by atoms with E-state index in [9.17, 15) is 0 Å². The molecule has 2 aromatic heterocycles. The summed E-state index contributed by atoms with van der Waals surface area (Å²) in [6.45, 7) is 0. The smallest absolute Gasteiger partial charge is 0.0702 e. The summed E-state index contributed by atoms with van der Waals surface area (Å²) in [5, 5.41) is 11.0. The van der Waals surface area contributed by atoms with Crippen molar-refractivity contribution in [1.29, 1.82) is 0 Å². The second-order valence-corrected chi connectivity index (χ2v) is 13.0. The maximum Gasteiger partial charge on any atom is 0.0702 e. The summed E-state index contributed by atoms with van der Waals surface area (Å²) in [6.07, 6.45) is 3.90. The first kappa shape index (κ1) is 28.4. The number of nitrogens with zero attached hydrogens (tertiary/aromatic N) is 2. The molecule has 50 heavy (non-hydrogen) atoms. The van der Waals surface area contributed by atoms with E-state index in [0.29, 0.717) is 0 Å². The van der Waals surface area contributed by atoms with Crippen LogP contribution in [0.3, 0.4) is 0 Å². The van der Waals surface area contributed by atoms with Crippen molar-refractivity contribution in [3.63, 3.8) is 0 Å². The van der Waals surface area contributed by atoms with Gasteiger partial charge in [0.1, 0.15) is 0 Å². The number of pyridine rings is 2. The monoisotopic (exact) mass is 634 g/mol. The van der Waals surface area contributed by atoms with Crippen molar-refractivity contribution in [2.24, 2.45) is 0 Å². The van der Waals surface area contributed by atoms with Gasteiger partial charge in [0.15, 0.2) is 0 Å². The Labute approximate surface area is 290 Å². The van der Waals surface area contributed by atoms with E-state index in [1.165, 1.54) is 65.3 Å². The van der Waals surface area contributed by atoms with Crippen LogP contribution < -0.4 is 0 Å². The molecule has 10 aromatic rings. The van der Waals surface area contributed by atoms with Crippen LogP contribution in [-0.2, 0) is 0 Å². The van der Waals surface area contributed by atoms with E-state index in [0.717, 1.165) is 33.3 Å². The van der Waals surface area contributed by atoms with Gasteiger partial charge in [-0.25, -0.2) is 0 Å². The van der Waals surface area contributed by atoms with Gasteiger partial charge in [-0.1, -0.05) is 133 Å². The number of benzene rings is 8. The molecule has 2 nitrogen and oxygen atoms in total. The standard InChI is InChI=1S/C48H30N2/c1-3-11-33-25-37(19-17-31(33)9-1)47-41-14-6-7-15-42(41)48(38-20-18-32-10-2-4-12-34(32)26-38)44-28-36(21-23-43(44)47)46-24-22-39(29-49-46)40-27-35-13-5-8-16-45(35)50-30-40/h1-30H. The predicted molar refractivity (Wildman–Crippen MR) is 211 cm³/mol. The maximum absolute atomic E-state index is 5.00. The quantitative estimate of drug-likeness (QED) is 0.180. The highest BCUT2D eigenvalue weighted by atomic mass is 14.7. The first-order chi connectivity index (χ1) is 24.8.